The molecule has 0 bridgehead atoms. The van der Waals surface area contributed by atoms with Crippen molar-refractivity contribution in [1.29, 1.82) is 0 Å². The summed E-state index contributed by atoms with van der Waals surface area (Å²) in [4.78, 5) is 38.8. The number of benzene rings is 1. The van der Waals surface area contributed by atoms with Crippen LogP contribution in [-0.2, 0) is 14.3 Å². The van der Waals surface area contributed by atoms with Crippen LogP contribution in [0.5, 0.6) is 0 Å². The molecule has 2 heterocycles. The topological polar surface area (TPSA) is 87.7 Å². The Hall–Kier alpha value is -2.41. The van der Waals surface area contributed by atoms with Crippen LogP contribution in [0.15, 0.2) is 24.3 Å². The van der Waals surface area contributed by atoms with Gasteiger partial charge in [-0.15, -0.1) is 0 Å². The van der Waals surface area contributed by atoms with Gasteiger partial charge in [-0.2, -0.15) is 0 Å². The van der Waals surface area contributed by atoms with Gasteiger partial charge in [-0.1, -0.05) is 12.1 Å². The summed E-state index contributed by atoms with van der Waals surface area (Å²) in [5.74, 6) is -0.624. The number of nitrogens with zero attached hydrogens (tertiary/aromatic N) is 1. The van der Waals surface area contributed by atoms with Gasteiger partial charge in [-0.05, 0) is 32.4 Å². The van der Waals surface area contributed by atoms with Gasteiger partial charge < -0.3 is 20.3 Å². The Kier molecular flexibility index (Phi) is 5.03. The molecule has 7 heteroatoms. The lowest BCUT2D eigenvalue weighted by Crippen LogP contribution is -2.49. The van der Waals surface area contributed by atoms with Gasteiger partial charge in [0.1, 0.15) is 6.04 Å². The number of amides is 3. The molecule has 0 radical (unpaired) electrons. The monoisotopic (exact) mass is 345 g/mol. The number of anilines is 1. The zero-order chi connectivity index (χ0) is 18.0. The number of para-hydroxylation sites is 1. The molecule has 3 rings (SSSR count). The molecule has 0 aliphatic carbocycles. The molecule has 0 spiro atoms. The number of nitrogens with one attached hydrogen (secondary N) is 2. The van der Waals surface area contributed by atoms with Gasteiger partial charge >= 0.3 is 0 Å². The van der Waals surface area contributed by atoms with E-state index >= 15 is 0 Å². The number of rotatable bonds is 3. The molecule has 1 aromatic rings. The normalized spacial score (nSPS) is 26.3. The van der Waals surface area contributed by atoms with Crippen LogP contribution in [0.3, 0.4) is 0 Å². The smallest absolute Gasteiger partial charge is 0.254 e. The van der Waals surface area contributed by atoms with Gasteiger partial charge in [0.15, 0.2) is 0 Å². The molecule has 3 unspecified atom stereocenters. The third-order valence-corrected chi connectivity index (χ3v) is 4.47. The maximum absolute atomic E-state index is 12.5. The summed E-state index contributed by atoms with van der Waals surface area (Å²) >= 11 is 0. The Bertz CT molecular complexity index is 681. The zero-order valence-electron chi connectivity index (χ0n) is 14.5. The van der Waals surface area contributed by atoms with Crippen molar-refractivity contribution in [2.24, 2.45) is 0 Å². The second-order valence-corrected chi connectivity index (χ2v) is 6.66. The number of hydrogen-bond donors (Lipinski definition) is 2. The number of carbonyl (C=O) groups is 3. The molecule has 2 aliphatic rings. The van der Waals surface area contributed by atoms with E-state index in [1.807, 2.05) is 13.8 Å². The van der Waals surface area contributed by atoms with Crippen molar-refractivity contribution in [2.75, 3.05) is 18.4 Å². The highest BCUT2D eigenvalue weighted by Crippen LogP contribution is 2.20. The van der Waals surface area contributed by atoms with E-state index in [-0.39, 0.29) is 42.8 Å². The Morgan fingerprint density at radius 3 is 2.60 bits per heavy atom. The van der Waals surface area contributed by atoms with E-state index < -0.39 is 6.04 Å². The fourth-order valence-electron chi connectivity index (χ4n) is 3.32. The molecule has 2 aliphatic heterocycles. The first-order valence-corrected chi connectivity index (χ1v) is 8.58. The van der Waals surface area contributed by atoms with Gasteiger partial charge in [-0.25, -0.2) is 0 Å². The minimum atomic E-state index is -0.722. The number of morpholine rings is 1. The average Bonchev–Trinajstić information content (AvgIpc) is 2.68. The van der Waals surface area contributed by atoms with Crippen LogP contribution < -0.4 is 10.6 Å². The first-order valence-electron chi connectivity index (χ1n) is 8.58. The third kappa shape index (κ3) is 3.99. The largest absolute Gasteiger partial charge is 0.372 e. The molecule has 2 N–H and O–H groups in total. The molecule has 3 amide bonds. The number of carbonyl (C=O) groups excluding carboxylic acids is 3. The average molecular weight is 345 g/mol. The lowest BCUT2D eigenvalue weighted by atomic mass is 10.1. The van der Waals surface area contributed by atoms with Crippen LogP contribution in [0, 0.1) is 0 Å². The standard InChI is InChI=1S/C18H23N3O4/c1-11-9-21(10-12(2)25-11)16(22)8-7-15-18(24)19-14-6-4-3-5-13(14)17(23)20-15/h3-6,11-12,15H,7-10H2,1-2H3,(H,19,24)(H,20,23). The van der Waals surface area contributed by atoms with E-state index in [4.69, 9.17) is 4.74 Å². The van der Waals surface area contributed by atoms with Crippen molar-refractivity contribution < 1.29 is 19.1 Å². The SMILES string of the molecule is CC1CN(C(=O)CCC2NC(=O)c3ccccc3NC2=O)CC(C)O1. The summed E-state index contributed by atoms with van der Waals surface area (Å²) < 4.78 is 5.63. The fourth-order valence-corrected chi connectivity index (χ4v) is 3.32. The van der Waals surface area contributed by atoms with Crippen molar-refractivity contribution in [1.82, 2.24) is 10.2 Å². The van der Waals surface area contributed by atoms with E-state index in [0.29, 0.717) is 24.3 Å². The van der Waals surface area contributed by atoms with Crippen molar-refractivity contribution in [3.8, 4) is 0 Å². The van der Waals surface area contributed by atoms with E-state index in [2.05, 4.69) is 10.6 Å². The summed E-state index contributed by atoms with van der Waals surface area (Å²) in [5, 5.41) is 5.47. The predicted molar refractivity (Wildman–Crippen MR) is 92.1 cm³/mol. The van der Waals surface area contributed by atoms with E-state index in [1.54, 1.807) is 29.2 Å². The molecule has 134 valence electrons. The number of hydrogen-bond acceptors (Lipinski definition) is 4. The van der Waals surface area contributed by atoms with Crippen LogP contribution in [0.25, 0.3) is 0 Å². The second-order valence-electron chi connectivity index (χ2n) is 6.66. The van der Waals surface area contributed by atoms with Crippen LogP contribution in [-0.4, -0.2) is 54.0 Å². The Labute approximate surface area is 146 Å². The fraction of sp³-hybridized carbons (Fsp3) is 0.500. The summed E-state index contributed by atoms with van der Waals surface area (Å²) in [7, 11) is 0. The predicted octanol–water partition coefficient (Wildman–Crippen LogP) is 1.15. The Balaban J connectivity index is 1.61. The molecule has 25 heavy (non-hydrogen) atoms. The van der Waals surface area contributed by atoms with Gasteiger partial charge in [0.05, 0.1) is 23.5 Å². The van der Waals surface area contributed by atoms with Gasteiger partial charge in [0, 0.05) is 19.5 Å². The molecule has 1 saturated heterocycles. The van der Waals surface area contributed by atoms with Gasteiger partial charge in [0.2, 0.25) is 11.8 Å². The van der Waals surface area contributed by atoms with Crippen molar-refractivity contribution in [2.45, 2.75) is 44.9 Å². The third-order valence-electron chi connectivity index (χ3n) is 4.47. The molecule has 3 atom stereocenters. The lowest BCUT2D eigenvalue weighted by molar-refractivity contribution is -0.143. The molecule has 0 saturated carbocycles. The summed E-state index contributed by atoms with van der Waals surface area (Å²) in [5.41, 5.74) is 0.926. The molecule has 1 aromatic carbocycles. The molecular formula is C18H23N3O4. The lowest BCUT2D eigenvalue weighted by Gasteiger charge is -2.35. The summed E-state index contributed by atoms with van der Waals surface area (Å²) in [6.07, 6.45) is 0.477. The Morgan fingerprint density at radius 2 is 1.88 bits per heavy atom. The minimum Gasteiger partial charge on any atom is -0.372 e. The number of ether oxygens (including phenoxy) is 1. The summed E-state index contributed by atoms with van der Waals surface area (Å²) in [6.45, 7) is 4.98. The maximum Gasteiger partial charge on any atom is 0.254 e. The minimum absolute atomic E-state index is 0.00285. The van der Waals surface area contributed by atoms with E-state index in [9.17, 15) is 14.4 Å². The second kappa shape index (κ2) is 7.23. The van der Waals surface area contributed by atoms with Crippen molar-refractivity contribution >= 4 is 23.4 Å². The number of fused-ring (bicyclic) bond motifs is 1. The first kappa shape index (κ1) is 17.4. The van der Waals surface area contributed by atoms with E-state index in [1.165, 1.54) is 0 Å². The highest BCUT2D eigenvalue weighted by atomic mass is 16.5. The first-order chi connectivity index (χ1) is 11.9. The molecular weight excluding hydrogens is 322 g/mol. The van der Waals surface area contributed by atoms with Crippen LogP contribution in [0.1, 0.15) is 37.0 Å². The van der Waals surface area contributed by atoms with Gasteiger partial charge in [-0.3, -0.25) is 14.4 Å². The Morgan fingerprint density at radius 1 is 1.20 bits per heavy atom. The summed E-state index contributed by atoms with van der Waals surface area (Å²) in [6, 6.07) is 6.14. The van der Waals surface area contributed by atoms with Crippen LogP contribution >= 0.6 is 0 Å². The van der Waals surface area contributed by atoms with Crippen LogP contribution in [0.2, 0.25) is 0 Å². The van der Waals surface area contributed by atoms with Crippen molar-refractivity contribution in [3.05, 3.63) is 29.8 Å². The quantitative estimate of drug-likeness (QED) is 0.860. The maximum atomic E-state index is 12.5. The molecule has 7 nitrogen and oxygen atoms in total. The highest BCUT2D eigenvalue weighted by Gasteiger charge is 2.30. The van der Waals surface area contributed by atoms with E-state index in [0.717, 1.165) is 0 Å². The van der Waals surface area contributed by atoms with Gasteiger partial charge in [0.25, 0.3) is 5.91 Å². The molecule has 1 fully saturated rings. The van der Waals surface area contributed by atoms with Crippen molar-refractivity contribution in [3.63, 3.8) is 0 Å². The zero-order valence-corrected chi connectivity index (χ0v) is 14.5. The molecule has 0 aromatic heterocycles. The van der Waals surface area contributed by atoms with Crippen LogP contribution in [0.4, 0.5) is 5.69 Å². The highest BCUT2D eigenvalue weighted by molar-refractivity contribution is 6.09.